The van der Waals surface area contributed by atoms with Crippen LogP contribution in [0.2, 0.25) is 0 Å². The Kier molecular flexibility index (Phi) is 5.05. The lowest BCUT2D eigenvalue weighted by Gasteiger charge is -2.15. The van der Waals surface area contributed by atoms with Crippen molar-refractivity contribution in [2.75, 3.05) is 27.2 Å². The number of aliphatic carboxylic acids is 1. The first-order chi connectivity index (χ1) is 10.8. The van der Waals surface area contributed by atoms with Crippen LogP contribution in [0, 0.1) is 6.92 Å². The zero-order valence-corrected chi connectivity index (χ0v) is 13.9. The third kappa shape index (κ3) is 3.71. The number of likely N-dealkylation sites (N-methyl/N-ethyl adjacent to an activating group) is 1. The van der Waals surface area contributed by atoms with Crippen molar-refractivity contribution in [2.24, 2.45) is 7.05 Å². The first kappa shape index (κ1) is 17.0. The van der Waals surface area contributed by atoms with Crippen LogP contribution in [0.4, 0.5) is 0 Å². The van der Waals surface area contributed by atoms with Crippen molar-refractivity contribution in [2.45, 2.75) is 13.3 Å². The van der Waals surface area contributed by atoms with Crippen molar-refractivity contribution >= 4 is 16.9 Å². The maximum Gasteiger partial charge on any atom is 0.308 e. The van der Waals surface area contributed by atoms with Crippen LogP contribution in [0.5, 0.6) is 5.75 Å². The molecule has 0 aliphatic carbocycles. The number of benzene rings is 1. The van der Waals surface area contributed by atoms with E-state index in [0.29, 0.717) is 29.0 Å². The van der Waals surface area contributed by atoms with Gasteiger partial charge in [-0.25, -0.2) is 0 Å². The van der Waals surface area contributed by atoms with E-state index in [1.54, 1.807) is 19.1 Å². The highest BCUT2D eigenvalue weighted by atomic mass is 16.5. The van der Waals surface area contributed by atoms with E-state index in [1.807, 2.05) is 36.7 Å². The molecule has 6 heteroatoms. The molecule has 1 N–H and O–H groups in total. The molecule has 0 aliphatic rings. The normalized spacial score (nSPS) is 11.2. The van der Waals surface area contributed by atoms with E-state index in [-0.39, 0.29) is 11.8 Å². The molecule has 6 nitrogen and oxygen atoms in total. The molecule has 1 heterocycles. The number of carboxylic acid groups (broad SMARTS) is 1. The monoisotopic (exact) mass is 318 g/mol. The van der Waals surface area contributed by atoms with Crippen molar-refractivity contribution in [3.8, 4) is 5.75 Å². The van der Waals surface area contributed by atoms with E-state index in [1.165, 1.54) is 0 Å². The van der Waals surface area contributed by atoms with Gasteiger partial charge in [-0.3, -0.25) is 9.59 Å². The zero-order valence-electron chi connectivity index (χ0n) is 13.9. The summed E-state index contributed by atoms with van der Waals surface area (Å²) >= 11 is 0. The van der Waals surface area contributed by atoms with E-state index >= 15 is 0 Å². The zero-order chi connectivity index (χ0) is 17.1. The van der Waals surface area contributed by atoms with Gasteiger partial charge in [0.15, 0.2) is 5.43 Å². The summed E-state index contributed by atoms with van der Waals surface area (Å²) in [6.07, 6.45) is -0.268. The van der Waals surface area contributed by atoms with Crippen LogP contribution >= 0.6 is 0 Å². The third-order valence-corrected chi connectivity index (χ3v) is 3.92. The summed E-state index contributed by atoms with van der Waals surface area (Å²) in [7, 11) is 5.77. The second kappa shape index (κ2) is 6.83. The maximum atomic E-state index is 12.5. The molecule has 0 radical (unpaired) electrons. The summed E-state index contributed by atoms with van der Waals surface area (Å²) in [5.41, 5.74) is 1.51. The molecule has 0 saturated heterocycles. The van der Waals surface area contributed by atoms with E-state index in [4.69, 9.17) is 9.84 Å². The van der Waals surface area contributed by atoms with Gasteiger partial charge in [-0.15, -0.1) is 0 Å². The Morgan fingerprint density at radius 3 is 2.65 bits per heavy atom. The molecule has 0 spiro atoms. The first-order valence-corrected chi connectivity index (χ1v) is 7.42. The topological polar surface area (TPSA) is 71.8 Å². The van der Waals surface area contributed by atoms with Gasteiger partial charge in [-0.1, -0.05) is 0 Å². The second-order valence-corrected chi connectivity index (χ2v) is 5.85. The Morgan fingerprint density at radius 1 is 1.35 bits per heavy atom. The van der Waals surface area contributed by atoms with Gasteiger partial charge in [0.05, 0.1) is 11.9 Å². The minimum absolute atomic E-state index is 0.224. The van der Waals surface area contributed by atoms with Gasteiger partial charge in [0.1, 0.15) is 12.4 Å². The molecule has 2 aromatic rings. The van der Waals surface area contributed by atoms with E-state index in [0.717, 1.165) is 12.1 Å². The van der Waals surface area contributed by atoms with Gasteiger partial charge in [0.2, 0.25) is 0 Å². The van der Waals surface area contributed by atoms with Crippen molar-refractivity contribution in [1.82, 2.24) is 9.47 Å². The van der Waals surface area contributed by atoms with Gasteiger partial charge in [-0.05, 0) is 33.2 Å². The fraction of sp³-hybridized carbons (Fsp3) is 0.412. The predicted molar refractivity (Wildman–Crippen MR) is 89.3 cm³/mol. The molecule has 0 atom stereocenters. The number of hydrogen-bond donors (Lipinski definition) is 1. The Bertz CT molecular complexity index is 793. The summed E-state index contributed by atoms with van der Waals surface area (Å²) in [6, 6.07) is 5.27. The van der Waals surface area contributed by atoms with Crippen LogP contribution in [-0.4, -0.2) is 47.8 Å². The van der Waals surface area contributed by atoms with Gasteiger partial charge >= 0.3 is 5.97 Å². The Hall–Kier alpha value is -2.34. The third-order valence-electron chi connectivity index (χ3n) is 3.92. The molecule has 0 amide bonds. The van der Waals surface area contributed by atoms with Crippen molar-refractivity contribution in [3.05, 3.63) is 39.7 Å². The Morgan fingerprint density at radius 2 is 2.04 bits per heavy atom. The molecule has 0 saturated carbocycles. The van der Waals surface area contributed by atoms with Gasteiger partial charge < -0.3 is 19.3 Å². The van der Waals surface area contributed by atoms with Gasteiger partial charge in [0.25, 0.3) is 0 Å². The first-order valence-electron chi connectivity index (χ1n) is 7.42. The molecule has 124 valence electrons. The smallest absolute Gasteiger partial charge is 0.308 e. The van der Waals surface area contributed by atoms with Crippen LogP contribution in [0.25, 0.3) is 10.9 Å². The number of hydrogen-bond acceptors (Lipinski definition) is 4. The standard InChI is InChI=1S/C17H22N2O4/c1-11-14(10-16(20)21)17(22)13-6-5-12(9-15(13)19(11)4)23-8-7-18(2)3/h5-6,9H,7-8,10H2,1-4H3,(H,20,21). The molecule has 23 heavy (non-hydrogen) atoms. The van der Waals surface area contributed by atoms with E-state index < -0.39 is 5.97 Å². The average Bonchev–Trinajstić information content (AvgIpc) is 2.48. The number of aromatic nitrogens is 1. The van der Waals surface area contributed by atoms with E-state index in [2.05, 4.69) is 0 Å². The molecular formula is C17H22N2O4. The molecule has 0 unspecified atom stereocenters. The fourth-order valence-electron chi connectivity index (χ4n) is 2.49. The van der Waals surface area contributed by atoms with Crippen LogP contribution in [-0.2, 0) is 18.3 Å². The Labute approximate surface area is 134 Å². The maximum absolute atomic E-state index is 12.5. The largest absolute Gasteiger partial charge is 0.492 e. The number of nitrogens with zero attached hydrogens (tertiary/aromatic N) is 2. The van der Waals surface area contributed by atoms with Gasteiger partial charge in [0, 0.05) is 36.3 Å². The molecule has 2 rings (SSSR count). The molecule has 0 bridgehead atoms. The number of ether oxygens (including phenoxy) is 1. The predicted octanol–water partition coefficient (Wildman–Crippen LogP) is 1.41. The minimum Gasteiger partial charge on any atom is -0.492 e. The lowest BCUT2D eigenvalue weighted by atomic mass is 10.1. The number of carboxylic acids is 1. The lowest BCUT2D eigenvalue weighted by Crippen LogP contribution is -2.21. The summed E-state index contributed by atoms with van der Waals surface area (Å²) in [5, 5.41) is 9.50. The van der Waals surface area contributed by atoms with E-state index in [9.17, 15) is 9.59 Å². The van der Waals surface area contributed by atoms with Crippen molar-refractivity contribution in [3.63, 3.8) is 0 Å². The molecular weight excluding hydrogens is 296 g/mol. The summed E-state index contributed by atoms with van der Waals surface area (Å²) < 4.78 is 7.54. The van der Waals surface area contributed by atoms with Crippen LogP contribution in [0.15, 0.2) is 23.0 Å². The number of rotatable bonds is 6. The van der Waals surface area contributed by atoms with Crippen molar-refractivity contribution < 1.29 is 14.6 Å². The summed E-state index contributed by atoms with van der Waals surface area (Å²) in [6.45, 7) is 3.12. The number of pyridine rings is 1. The molecule has 1 aromatic carbocycles. The van der Waals surface area contributed by atoms with Crippen LogP contribution in [0.1, 0.15) is 11.3 Å². The highest BCUT2D eigenvalue weighted by molar-refractivity contribution is 5.83. The number of fused-ring (bicyclic) bond motifs is 1. The van der Waals surface area contributed by atoms with Crippen LogP contribution < -0.4 is 10.2 Å². The summed E-state index contributed by atoms with van der Waals surface area (Å²) in [5.74, 6) is -0.312. The molecule has 1 aromatic heterocycles. The SMILES string of the molecule is Cc1c(CC(=O)O)c(=O)c2ccc(OCCN(C)C)cc2n1C. The Balaban J connectivity index is 2.46. The van der Waals surface area contributed by atoms with Crippen molar-refractivity contribution in [1.29, 1.82) is 0 Å². The highest BCUT2D eigenvalue weighted by Crippen LogP contribution is 2.21. The highest BCUT2D eigenvalue weighted by Gasteiger charge is 2.15. The minimum atomic E-state index is -1.01. The molecule has 0 aliphatic heterocycles. The van der Waals surface area contributed by atoms with Gasteiger partial charge in [-0.2, -0.15) is 0 Å². The van der Waals surface area contributed by atoms with Crippen LogP contribution in [0.3, 0.4) is 0 Å². The summed E-state index contributed by atoms with van der Waals surface area (Å²) in [4.78, 5) is 25.5. The second-order valence-electron chi connectivity index (χ2n) is 5.85. The lowest BCUT2D eigenvalue weighted by molar-refractivity contribution is -0.136. The molecule has 0 fully saturated rings. The quantitative estimate of drug-likeness (QED) is 0.872. The number of aryl methyl sites for hydroxylation is 1. The fourth-order valence-corrected chi connectivity index (χ4v) is 2.49. The average molecular weight is 318 g/mol. The number of carbonyl (C=O) groups is 1.